The Balaban J connectivity index is 2.69. The Labute approximate surface area is 114 Å². The number of likely N-dealkylation sites (N-methyl/N-ethyl adjacent to an activating group) is 1. The van der Waals surface area contributed by atoms with E-state index in [1.165, 1.54) is 0 Å². The zero-order valence-corrected chi connectivity index (χ0v) is 12.0. The van der Waals surface area contributed by atoms with Crippen LogP contribution < -0.4 is 11.1 Å². The van der Waals surface area contributed by atoms with E-state index in [-0.39, 0.29) is 6.04 Å². The Bertz CT molecular complexity index is 392. The van der Waals surface area contributed by atoms with Crippen LogP contribution in [0.4, 0.5) is 5.82 Å². The predicted molar refractivity (Wildman–Crippen MR) is 78.8 cm³/mol. The molecule has 5 nitrogen and oxygen atoms in total. The molecule has 0 radical (unpaired) electrons. The molecule has 0 amide bonds. The third kappa shape index (κ3) is 4.19. The fourth-order valence-corrected chi connectivity index (χ4v) is 1.95. The summed E-state index contributed by atoms with van der Waals surface area (Å²) in [4.78, 5) is 2.68. The highest BCUT2D eigenvalue weighted by atomic mass is 32.1. The lowest BCUT2D eigenvalue weighted by atomic mass is 10.2. The van der Waals surface area contributed by atoms with E-state index in [1.54, 1.807) is 12.3 Å². The maximum Gasteiger partial charge on any atom is 0.159 e. The SMILES string of the molecule is CCN(CC)CC(C)Nc1nnccc1C(N)=S. The fourth-order valence-electron chi connectivity index (χ4n) is 1.79. The molecule has 0 aliphatic carbocycles. The van der Waals surface area contributed by atoms with Gasteiger partial charge in [-0.25, -0.2) is 0 Å². The summed E-state index contributed by atoms with van der Waals surface area (Å²) in [7, 11) is 0. The average Bonchev–Trinajstić information content (AvgIpc) is 2.36. The van der Waals surface area contributed by atoms with E-state index in [0.29, 0.717) is 10.8 Å². The molecule has 0 spiro atoms. The first-order valence-corrected chi connectivity index (χ1v) is 6.59. The number of aromatic nitrogens is 2. The zero-order chi connectivity index (χ0) is 13.5. The summed E-state index contributed by atoms with van der Waals surface area (Å²) < 4.78 is 0. The number of hydrogen-bond acceptors (Lipinski definition) is 5. The minimum atomic E-state index is 0.259. The van der Waals surface area contributed by atoms with Crippen LogP contribution in [-0.4, -0.2) is 45.8 Å². The van der Waals surface area contributed by atoms with Crippen molar-refractivity contribution in [2.45, 2.75) is 26.8 Å². The Kier molecular flexibility index (Phi) is 5.94. The maximum atomic E-state index is 5.66. The lowest BCUT2D eigenvalue weighted by molar-refractivity contribution is 0.294. The molecule has 1 aromatic rings. The van der Waals surface area contributed by atoms with Crippen LogP contribution in [-0.2, 0) is 0 Å². The van der Waals surface area contributed by atoms with Crippen LogP contribution in [0.5, 0.6) is 0 Å². The van der Waals surface area contributed by atoms with Gasteiger partial charge in [-0.05, 0) is 26.1 Å². The van der Waals surface area contributed by atoms with Gasteiger partial charge in [-0.2, -0.15) is 5.10 Å². The standard InChI is InChI=1S/C12H21N5S/c1-4-17(5-2)8-9(3)15-12-10(11(13)18)6-7-14-16-12/h6-7,9H,4-5,8H2,1-3H3,(H2,13,18)(H,15,16). The molecule has 0 saturated heterocycles. The topological polar surface area (TPSA) is 67.1 Å². The number of thiocarbonyl (C=S) groups is 1. The van der Waals surface area contributed by atoms with Crippen molar-refractivity contribution < 1.29 is 0 Å². The monoisotopic (exact) mass is 267 g/mol. The minimum absolute atomic E-state index is 0.259. The van der Waals surface area contributed by atoms with E-state index in [1.807, 2.05) is 0 Å². The molecule has 100 valence electrons. The second-order valence-corrected chi connectivity index (χ2v) is 4.63. The average molecular weight is 267 g/mol. The van der Waals surface area contributed by atoms with Gasteiger partial charge in [-0.3, -0.25) is 0 Å². The number of hydrogen-bond donors (Lipinski definition) is 2. The summed E-state index contributed by atoms with van der Waals surface area (Å²) in [5.74, 6) is 0.657. The van der Waals surface area contributed by atoms with Gasteiger partial charge >= 0.3 is 0 Å². The Hall–Kier alpha value is -1.27. The van der Waals surface area contributed by atoms with Crippen molar-refractivity contribution in [3.63, 3.8) is 0 Å². The number of nitrogens with one attached hydrogen (secondary N) is 1. The van der Waals surface area contributed by atoms with E-state index < -0.39 is 0 Å². The minimum Gasteiger partial charge on any atom is -0.389 e. The van der Waals surface area contributed by atoms with Crippen LogP contribution in [0.2, 0.25) is 0 Å². The number of nitrogens with two attached hydrogens (primary N) is 1. The molecular weight excluding hydrogens is 246 g/mol. The molecule has 1 aromatic heterocycles. The first-order valence-electron chi connectivity index (χ1n) is 6.18. The molecule has 0 bridgehead atoms. The molecule has 3 N–H and O–H groups in total. The predicted octanol–water partition coefficient (Wildman–Crippen LogP) is 1.25. The van der Waals surface area contributed by atoms with Gasteiger partial charge < -0.3 is 16.0 Å². The highest BCUT2D eigenvalue weighted by Crippen LogP contribution is 2.11. The number of nitrogens with zero attached hydrogens (tertiary/aromatic N) is 3. The Morgan fingerprint density at radius 1 is 1.50 bits per heavy atom. The van der Waals surface area contributed by atoms with Gasteiger partial charge in [0, 0.05) is 12.6 Å². The van der Waals surface area contributed by atoms with Crippen LogP contribution in [0.15, 0.2) is 12.3 Å². The van der Waals surface area contributed by atoms with Crippen LogP contribution in [0.25, 0.3) is 0 Å². The lowest BCUT2D eigenvalue weighted by Crippen LogP contribution is -2.35. The van der Waals surface area contributed by atoms with Crippen molar-refractivity contribution in [3.05, 3.63) is 17.8 Å². The maximum absolute atomic E-state index is 5.66. The van der Waals surface area contributed by atoms with Crippen molar-refractivity contribution in [1.82, 2.24) is 15.1 Å². The quantitative estimate of drug-likeness (QED) is 0.725. The van der Waals surface area contributed by atoms with Crippen LogP contribution in [0, 0.1) is 0 Å². The van der Waals surface area contributed by atoms with Crippen molar-refractivity contribution in [2.24, 2.45) is 5.73 Å². The summed E-state index contributed by atoms with van der Waals surface area (Å²) in [5, 5.41) is 11.2. The largest absolute Gasteiger partial charge is 0.389 e. The van der Waals surface area contributed by atoms with Gasteiger partial charge in [-0.15, -0.1) is 5.10 Å². The van der Waals surface area contributed by atoms with Gasteiger partial charge in [0.2, 0.25) is 0 Å². The van der Waals surface area contributed by atoms with Crippen molar-refractivity contribution in [1.29, 1.82) is 0 Å². The Morgan fingerprint density at radius 2 is 2.17 bits per heavy atom. The second-order valence-electron chi connectivity index (χ2n) is 4.19. The van der Waals surface area contributed by atoms with Crippen LogP contribution >= 0.6 is 12.2 Å². The highest BCUT2D eigenvalue weighted by Gasteiger charge is 2.11. The summed E-state index contributed by atoms with van der Waals surface area (Å²) in [6.07, 6.45) is 1.59. The molecule has 0 saturated carbocycles. The molecule has 0 aliphatic heterocycles. The summed E-state index contributed by atoms with van der Waals surface area (Å²) in [6, 6.07) is 2.04. The zero-order valence-electron chi connectivity index (χ0n) is 11.2. The third-order valence-corrected chi connectivity index (χ3v) is 3.02. The van der Waals surface area contributed by atoms with Crippen molar-refractivity contribution in [3.8, 4) is 0 Å². The second kappa shape index (κ2) is 7.23. The van der Waals surface area contributed by atoms with Gasteiger partial charge in [0.05, 0.1) is 11.8 Å². The van der Waals surface area contributed by atoms with Gasteiger partial charge in [0.1, 0.15) is 4.99 Å². The van der Waals surface area contributed by atoms with Crippen molar-refractivity contribution in [2.75, 3.05) is 25.0 Å². The smallest absolute Gasteiger partial charge is 0.159 e. The molecule has 0 aromatic carbocycles. The Morgan fingerprint density at radius 3 is 2.72 bits per heavy atom. The molecule has 1 rings (SSSR count). The van der Waals surface area contributed by atoms with Crippen LogP contribution in [0.3, 0.4) is 0 Å². The van der Waals surface area contributed by atoms with Gasteiger partial charge in [0.15, 0.2) is 5.82 Å². The molecular formula is C12H21N5S. The summed E-state index contributed by atoms with van der Waals surface area (Å²) in [5.41, 5.74) is 6.40. The van der Waals surface area contributed by atoms with E-state index >= 15 is 0 Å². The molecule has 0 fully saturated rings. The van der Waals surface area contributed by atoms with Crippen molar-refractivity contribution >= 4 is 23.0 Å². The van der Waals surface area contributed by atoms with E-state index in [0.717, 1.165) is 25.2 Å². The fraction of sp³-hybridized carbons (Fsp3) is 0.583. The molecule has 0 aliphatic rings. The lowest BCUT2D eigenvalue weighted by Gasteiger charge is -2.24. The first kappa shape index (κ1) is 14.8. The molecule has 1 heterocycles. The van der Waals surface area contributed by atoms with Gasteiger partial charge in [-0.1, -0.05) is 26.1 Å². The van der Waals surface area contributed by atoms with E-state index in [4.69, 9.17) is 18.0 Å². The first-order chi connectivity index (χ1) is 8.58. The van der Waals surface area contributed by atoms with Gasteiger partial charge in [0.25, 0.3) is 0 Å². The molecule has 1 unspecified atom stereocenters. The third-order valence-electron chi connectivity index (χ3n) is 2.80. The normalized spacial score (nSPS) is 12.4. The molecule has 6 heteroatoms. The van der Waals surface area contributed by atoms with Crippen LogP contribution in [0.1, 0.15) is 26.3 Å². The van der Waals surface area contributed by atoms with E-state index in [9.17, 15) is 0 Å². The summed E-state index contributed by atoms with van der Waals surface area (Å²) >= 11 is 5.00. The highest BCUT2D eigenvalue weighted by molar-refractivity contribution is 7.80. The molecule has 1 atom stereocenters. The summed E-state index contributed by atoms with van der Waals surface area (Å²) in [6.45, 7) is 9.42. The number of anilines is 1. The molecule has 18 heavy (non-hydrogen) atoms. The number of rotatable bonds is 7. The van der Waals surface area contributed by atoms with E-state index in [2.05, 4.69) is 41.2 Å².